The van der Waals surface area contributed by atoms with Crippen LogP contribution in [0, 0.1) is 23.0 Å². The number of hydrogen-bond acceptors (Lipinski definition) is 3. The molecule has 3 nitrogen and oxygen atoms in total. The van der Waals surface area contributed by atoms with Crippen LogP contribution >= 0.6 is 0 Å². The van der Waals surface area contributed by atoms with Crippen molar-refractivity contribution in [2.75, 3.05) is 7.05 Å². The second-order valence-corrected chi connectivity index (χ2v) is 5.91. The van der Waals surface area contributed by atoms with Gasteiger partial charge in [-0.25, -0.2) is 8.78 Å². The van der Waals surface area contributed by atoms with Crippen molar-refractivity contribution < 1.29 is 13.9 Å². The highest BCUT2D eigenvalue weighted by atomic mass is 19.2. The molecule has 20 heavy (non-hydrogen) atoms. The Morgan fingerprint density at radius 1 is 1.25 bits per heavy atom. The minimum Gasteiger partial charge on any atom is -0.385 e. The van der Waals surface area contributed by atoms with Crippen molar-refractivity contribution in [2.24, 2.45) is 0 Å². The van der Waals surface area contributed by atoms with Crippen LogP contribution in [0.3, 0.4) is 0 Å². The second kappa shape index (κ2) is 4.51. The minimum atomic E-state index is -1.24. The Balaban J connectivity index is 2.05. The standard InChI is InChI=1S/C15H16F2N2O/c1-19-10-2-3-11(19)7-15(20,6-10)12-5-14(17)13(16)4-9(12)8-18/h4-5,10-11,20H,2-3,6-7H2,1H3. The van der Waals surface area contributed by atoms with E-state index in [1.165, 1.54) is 0 Å². The Hall–Kier alpha value is -1.51. The fourth-order valence-electron chi connectivity index (χ4n) is 3.69. The van der Waals surface area contributed by atoms with E-state index in [1.54, 1.807) is 0 Å². The van der Waals surface area contributed by atoms with Crippen molar-refractivity contribution in [3.05, 3.63) is 34.9 Å². The molecule has 2 aliphatic rings. The third kappa shape index (κ3) is 1.91. The fraction of sp³-hybridized carbons (Fsp3) is 0.533. The average Bonchev–Trinajstić information content (AvgIpc) is 2.64. The first-order chi connectivity index (χ1) is 9.44. The molecule has 5 heteroatoms. The molecule has 0 aromatic heterocycles. The summed E-state index contributed by atoms with van der Waals surface area (Å²) in [4.78, 5) is 2.24. The van der Waals surface area contributed by atoms with Crippen molar-refractivity contribution in [2.45, 2.75) is 43.4 Å². The summed E-state index contributed by atoms with van der Waals surface area (Å²) >= 11 is 0. The maximum atomic E-state index is 13.5. The topological polar surface area (TPSA) is 47.3 Å². The number of halogens is 2. The minimum absolute atomic E-state index is 0.0235. The summed E-state index contributed by atoms with van der Waals surface area (Å²) < 4.78 is 26.8. The van der Waals surface area contributed by atoms with Gasteiger partial charge < -0.3 is 10.0 Å². The van der Waals surface area contributed by atoms with E-state index in [1.807, 2.05) is 13.1 Å². The van der Waals surface area contributed by atoms with Crippen LogP contribution in [0.5, 0.6) is 0 Å². The third-order valence-corrected chi connectivity index (χ3v) is 4.81. The molecule has 0 saturated carbocycles. The monoisotopic (exact) mass is 278 g/mol. The van der Waals surface area contributed by atoms with Crippen molar-refractivity contribution in [1.29, 1.82) is 5.26 Å². The third-order valence-electron chi connectivity index (χ3n) is 4.81. The van der Waals surface area contributed by atoms with E-state index in [0.717, 1.165) is 25.0 Å². The zero-order valence-corrected chi connectivity index (χ0v) is 11.2. The predicted molar refractivity (Wildman–Crippen MR) is 68.8 cm³/mol. The summed E-state index contributed by atoms with van der Waals surface area (Å²) in [5, 5.41) is 20.0. The van der Waals surface area contributed by atoms with Gasteiger partial charge in [-0.05, 0) is 44.9 Å². The summed E-state index contributed by atoms with van der Waals surface area (Å²) in [6.45, 7) is 0. The van der Waals surface area contributed by atoms with Crippen LogP contribution in [0.1, 0.15) is 36.8 Å². The number of rotatable bonds is 1. The van der Waals surface area contributed by atoms with Crippen molar-refractivity contribution in [3.8, 4) is 6.07 Å². The van der Waals surface area contributed by atoms with Crippen LogP contribution < -0.4 is 0 Å². The van der Waals surface area contributed by atoms with Crippen LogP contribution in [0.2, 0.25) is 0 Å². The van der Waals surface area contributed by atoms with Gasteiger partial charge in [0.15, 0.2) is 11.6 Å². The molecule has 2 fully saturated rings. The molecule has 2 heterocycles. The predicted octanol–water partition coefficient (Wildman–Crippen LogP) is 2.28. The second-order valence-electron chi connectivity index (χ2n) is 5.91. The van der Waals surface area contributed by atoms with E-state index in [-0.39, 0.29) is 23.2 Å². The van der Waals surface area contributed by atoms with Gasteiger partial charge in [0.2, 0.25) is 0 Å². The molecule has 1 aromatic rings. The number of nitrogens with zero attached hydrogens (tertiary/aromatic N) is 2. The number of piperidine rings is 1. The lowest BCUT2D eigenvalue weighted by molar-refractivity contribution is -0.0497. The van der Waals surface area contributed by atoms with Gasteiger partial charge in [0.1, 0.15) is 0 Å². The van der Waals surface area contributed by atoms with E-state index in [9.17, 15) is 13.9 Å². The maximum absolute atomic E-state index is 13.5. The molecule has 1 N–H and O–H groups in total. The van der Waals surface area contributed by atoms with Gasteiger partial charge in [-0.3, -0.25) is 0 Å². The lowest BCUT2D eigenvalue weighted by Gasteiger charge is -2.42. The number of nitriles is 1. The van der Waals surface area contributed by atoms with Gasteiger partial charge in [-0.15, -0.1) is 0 Å². The highest BCUT2D eigenvalue weighted by molar-refractivity contribution is 5.43. The molecule has 3 rings (SSSR count). The molecule has 2 aliphatic heterocycles. The smallest absolute Gasteiger partial charge is 0.160 e. The Bertz CT molecular complexity index is 582. The zero-order chi connectivity index (χ0) is 14.5. The van der Waals surface area contributed by atoms with E-state index in [4.69, 9.17) is 5.26 Å². The first-order valence-corrected chi connectivity index (χ1v) is 6.78. The van der Waals surface area contributed by atoms with E-state index < -0.39 is 17.2 Å². The summed E-state index contributed by atoms with van der Waals surface area (Å²) in [5.74, 6) is -2.07. The quantitative estimate of drug-likeness (QED) is 0.857. The average molecular weight is 278 g/mol. The number of fused-ring (bicyclic) bond motifs is 2. The Morgan fingerprint density at radius 2 is 1.80 bits per heavy atom. The molecule has 2 unspecified atom stereocenters. The van der Waals surface area contributed by atoms with Gasteiger partial charge in [0.25, 0.3) is 0 Å². The van der Waals surface area contributed by atoms with E-state index >= 15 is 0 Å². The molecule has 0 aliphatic carbocycles. The van der Waals surface area contributed by atoms with Crippen LogP contribution in [0.15, 0.2) is 12.1 Å². The molecule has 0 spiro atoms. The van der Waals surface area contributed by atoms with Crippen LogP contribution in [0.4, 0.5) is 8.78 Å². The van der Waals surface area contributed by atoms with Gasteiger partial charge in [0, 0.05) is 17.6 Å². The summed E-state index contributed by atoms with van der Waals surface area (Å²) in [7, 11) is 2.03. The van der Waals surface area contributed by atoms with E-state index in [2.05, 4.69) is 4.90 Å². The highest BCUT2D eigenvalue weighted by Gasteiger charge is 2.47. The lowest BCUT2D eigenvalue weighted by atomic mass is 9.79. The molecule has 2 bridgehead atoms. The number of hydrogen-bond donors (Lipinski definition) is 1. The fourth-order valence-corrected chi connectivity index (χ4v) is 3.69. The van der Waals surface area contributed by atoms with Crippen molar-refractivity contribution in [1.82, 2.24) is 4.90 Å². The SMILES string of the molecule is CN1C2CCC1CC(O)(c1cc(F)c(F)cc1C#N)C2. The molecular formula is C15H16F2N2O. The van der Waals surface area contributed by atoms with Gasteiger partial charge in [-0.2, -0.15) is 5.26 Å². The molecule has 2 saturated heterocycles. The van der Waals surface area contributed by atoms with E-state index in [0.29, 0.717) is 12.8 Å². The van der Waals surface area contributed by atoms with Crippen LogP contribution in [0.25, 0.3) is 0 Å². The maximum Gasteiger partial charge on any atom is 0.160 e. The van der Waals surface area contributed by atoms with Crippen LogP contribution in [-0.4, -0.2) is 29.1 Å². The first kappa shape index (κ1) is 13.5. The Morgan fingerprint density at radius 3 is 2.35 bits per heavy atom. The number of aliphatic hydroxyl groups is 1. The molecule has 1 aromatic carbocycles. The van der Waals surface area contributed by atoms with Gasteiger partial charge in [-0.1, -0.05) is 0 Å². The number of benzene rings is 1. The van der Waals surface area contributed by atoms with Crippen molar-refractivity contribution in [3.63, 3.8) is 0 Å². The lowest BCUT2D eigenvalue weighted by Crippen LogP contribution is -2.48. The summed E-state index contributed by atoms with van der Waals surface area (Å²) in [6, 6.07) is 4.20. The molecule has 106 valence electrons. The molecule has 0 amide bonds. The zero-order valence-electron chi connectivity index (χ0n) is 11.2. The van der Waals surface area contributed by atoms with Crippen LogP contribution in [-0.2, 0) is 5.60 Å². The molecule has 0 radical (unpaired) electrons. The highest BCUT2D eigenvalue weighted by Crippen LogP contribution is 2.45. The summed E-state index contributed by atoms with van der Waals surface area (Å²) in [6.07, 6.45) is 2.91. The van der Waals surface area contributed by atoms with Crippen molar-refractivity contribution >= 4 is 0 Å². The Kier molecular flexibility index (Phi) is 3.03. The summed E-state index contributed by atoms with van der Waals surface area (Å²) in [5.41, 5.74) is -0.989. The largest absolute Gasteiger partial charge is 0.385 e. The Labute approximate surface area is 116 Å². The van der Waals surface area contributed by atoms with Gasteiger partial charge in [0.05, 0.1) is 17.2 Å². The molecular weight excluding hydrogens is 262 g/mol. The first-order valence-electron chi connectivity index (χ1n) is 6.78. The normalized spacial score (nSPS) is 33.1. The molecule has 2 atom stereocenters. The van der Waals surface area contributed by atoms with Gasteiger partial charge >= 0.3 is 0 Å².